The van der Waals surface area contributed by atoms with Crippen molar-refractivity contribution in [3.8, 4) is 0 Å². The highest BCUT2D eigenvalue weighted by Crippen LogP contribution is 2.33. The summed E-state index contributed by atoms with van der Waals surface area (Å²) in [6.45, 7) is 14.9. The van der Waals surface area contributed by atoms with Crippen molar-refractivity contribution in [3.05, 3.63) is 22.5 Å². The number of rotatable bonds is 4. The normalized spacial score (nSPS) is 12.8. The topological polar surface area (TPSA) is 0 Å². The van der Waals surface area contributed by atoms with Crippen LogP contribution >= 0.6 is 11.8 Å². The molecule has 0 saturated heterocycles. The third-order valence-electron chi connectivity index (χ3n) is 1.75. The van der Waals surface area contributed by atoms with E-state index in [1.54, 1.807) is 0 Å². The minimum Gasteiger partial charge on any atom is -0.0994 e. The summed E-state index contributed by atoms with van der Waals surface area (Å²) in [6, 6.07) is 0. The standard InChI is InChI=1S/C11H20S/c1-7-11(9(4)5)12-10(6)8(2)3/h7-9H,6H2,1-5H3/b11-7-. The van der Waals surface area contributed by atoms with E-state index in [-0.39, 0.29) is 0 Å². The van der Waals surface area contributed by atoms with E-state index >= 15 is 0 Å². The molecule has 0 aromatic heterocycles. The summed E-state index contributed by atoms with van der Waals surface area (Å²) in [6.07, 6.45) is 2.18. The third-order valence-corrected chi connectivity index (χ3v) is 3.42. The van der Waals surface area contributed by atoms with Gasteiger partial charge in [0.2, 0.25) is 0 Å². The Kier molecular flexibility index (Phi) is 5.39. The van der Waals surface area contributed by atoms with Crippen molar-refractivity contribution in [2.24, 2.45) is 11.8 Å². The van der Waals surface area contributed by atoms with Crippen LogP contribution in [0.4, 0.5) is 0 Å². The zero-order valence-corrected chi connectivity index (χ0v) is 9.66. The van der Waals surface area contributed by atoms with Crippen molar-refractivity contribution < 1.29 is 0 Å². The smallest absolute Gasteiger partial charge is 0.0123 e. The molecule has 0 heterocycles. The van der Waals surface area contributed by atoms with Gasteiger partial charge in [-0.2, -0.15) is 0 Å². The number of thioether (sulfide) groups is 1. The Morgan fingerprint density at radius 2 is 1.67 bits per heavy atom. The molecule has 0 aliphatic heterocycles. The van der Waals surface area contributed by atoms with E-state index < -0.39 is 0 Å². The molecule has 70 valence electrons. The SMILES string of the molecule is C=C(S/C(=C\C)C(C)C)C(C)C. The van der Waals surface area contributed by atoms with Crippen LogP contribution in [0.3, 0.4) is 0 Å². The molecule has 0 N–H and O–H groups in total. The van der Waals surface area contributed by atoms with Gasteiger partial charge in [0.25, 0.3) is 0 Å². The minimum atomic E-state index is 0.573. The number of hydrogen-bond acceptors (Lipinski definition) is 1. The molecule has 0 fully saturated rings. The molecule has 0 atom stereocenters. The molecule has 1 heteroatoms. The zero-order chi connectivity index (χ0) is 9.72. The molecule has 0 aliphatic rings. The maximum absolute atomic E-state index is 4.05. The zero-order valence-electron chi connectivity index (χ0n) is 8.85. The van der Waals surface area contributed by atoms with Crippen LogP contribution < -0.4 is 0 Å². The second kappa shape index (κ2) is 5.47. The van der Waals surface area contributed by atoms with Crippen LogP contribution in [-0.2, 0) is 0 Å². The van der Waals surface area contributed by atoms with E-state index in [2.05, 4.69) is 47.3 Å². The number of allylic oxidation sites excluding steroid dienone is 3. The summed E-state index contributed by atoms with van der Waals surface area (Å²) in [5.41, 5.74) is 0. The second-order valence-corrected chi connectivity index (χ2v) is 4.77. The summed E-state index contributed by atoms with van der Waals surface area (Å²) in [5.74, 6) is 1.19. The average Bonchev–Trinajstić information content (AvgIpc) is 1.98. The maximum Gasteiger partial charge on any atom is -0.0123 e. The molecular weight excluding hydrogens is 164 g/mol. The molecule has 0 aliphatic carbocycles. The van der Waals surface area contributed by atoms with Crippen LogP contribution in [0.5, 0.6) is 0 Å². The predicted molar refractivity (Wildman–Crippen MR) is 60.2 cm³/mol. The van der Waals surface area contributed by atoms with Gasteiger partial charge in [-0.1, -0.05) is 52.1 Å². The van der Waals surface area contributed by atoms with E-state index in [0.29, 0.717) is 11.8 Å². The second-order valence-electron chi connectivity index (χ2n) is 3.57. The van der Waals surface area contributed by atoms with Crippen LogP contribution in [0.15, 0.2) is 22.5 Å². The van der Waals surface area contributed by atoms with Gasteiger partial charge in [0.15, 0.2) is 0 Å². The first-order chi connectivity index (χ1) is 5.49. The van der Waals surface area contributed by atoms with Crippen molar-refractivity contribution >= 4 is 11.8 Å². The first-order valence-corrected chi connectivity index (χ1v) is 5.33. The first-order valence-electron chi connectivity index (χ1n) is 4.51. The summed E-state index contributed by atoms with van der Waals surface area (Å²) < 4.78 is 0. The van der Waals surface area contributed by atoms with Gasteiger partial charge in [-0.15, -0.1) is 0 Å². The number of hydrogen-bond donors (Lipinski definition) is 0. The van der Waals surface area contributed by atoms with Gasteiger partial charge in [-0.3, -0.25) is 0 Å². The molecule has 0 rings (SSSR count). The van der Waals surface area contributed by atoms with Gasteiger partial charge < -0.3 is 0 Å². The molecule has 0 nitrogen and oxygen atoms in total. The summed E-state index contributed by atoms with van der Waals surface area (Å²) >= 11 is 1.83. The highest BCUT2D eigenvalue weighted by atomic mass is 32.2. The van der Waals surface area contributed by atoms with Crippen molar-refractivity contribution in [1.29, 1.82) is 0 Å². The fourth-order valence-corrected chi connectivity index (χ4v) is 1.67. The molecule has 0 radical (unpaired) electrons. The lowest BCUT2D eigenvalue weighted by Crippen LogP contribution is -1.93. The van der Waals surface area contributed by atoms with Gasteiger partial charge in [-0.05, 0) is 28.6 Å². The van der Waals surface area contributed by atoms with Crippen LogP contribution in [0.1, 0.15) is 34.6 Å². The quantitative estimate of drug-likeness (QED) is 0.622. The van der Waals surface area contributed by atoms with E-state index in [9.17, 15) is 0 Å². The van der Waals surface area contributed by atoms with Crippen LogP contribution in [0, 0.1) is 11.8 Å². The van der Waals surface area contributed by atoms with Crippen molar-refractivity contribution in [2.45, 2.75) is 34.6 Å². The Hall–Kier alpha value is -0.170. The summed E-state index contributed by atoms with van der Waals surface area (Å²) in [5, 5.41) is 0. The van der Waals surface area contributed by atoms with Gasteiger partial charge in [0, 0.05) is 0 Å². The minimum absolute atomic E-state index is 0.573. The van der Waals surface area contributed by atoms with E-state index in [4.69, 9.17) is 0 Å². The lowest BCUT2D eigenvalue weighted by Gasteiger charge is -2.14. The molecule has 0 unspecified atom stereocenters. The van der Waals surface area contributed by atoms with Gasteiger partial charge >= 0.3 is 0 Å². The summed E-state index contributed by atoms with van der Waals surface area (Å²) in [7, 11) is 0. The van der Waals surface area contributed by atoms with Gasteiger partial charge in [0.05, 0.1) is 0 Å². The third kappa shape index (κ3) is 4.01. The Labute approximate surface area is 81.1 Å². The average molecular weight is 184 g/mol. The molecule has 0 saturated carbocycles. The van der Waals surface area contributed by atoms with Crippen LogP contribution in [0.25, 0.3) is 0 Å². The van der Waals surface area contributed by atoms with Crippen LogP contribution in [0.2, 0.25) is 0 Å². The van der Waals surface area contributed by atoms with Gasteiger partial charge in [-0.25, -0.2) is 0 Å². The Morgan fingerprint density at radius 1 is 1.17 bits per heavy atom. The largest absolute Gasteiger partial charge is 0.0994 e. The molecule has 0 bridgehead atoms. The fourth-order valence-electron chi connectivity index (χ4n) is 0.779. The van der Waals surface area contributed by atoms with Crippen LogP contribution in [-0.4, -0.2) is 0 Å². The predicted octanol–water partition coefficient (Wildman–Crippen LogP) is 4.45. The highest BCUT2D eigenvalue weighted by Gasteiger charge is 2.07. The molecule has 0 aromatic carbocycles. The van der Waals surface area contributed by atoms with Crippen molar-refractivity contribution in [1.82, 2.24) is 0 Å². The Bertz CT molecular complexity index is 175. The van der Waals surface area contributed by atoms with Gasteiger partial charge in [0.1, 0.15) is 0 Å². The molecular formula is C11H20S. The molecule has 0 spiro atoms. The highest BCUT2D eigenvalue weighted by molar-refractivity contribution is 8.06. The van der Waals surface area contributed by atoms with E-state index in [1.807, 2.05) is 11.8 Å². The van der Waals surface area contributed by atoms with Crippen molar-refractivity contribution in [2.75, 3.05) is 0 Å². The fraction of sp³-hybridized carbons (Fsp3) is 0.636. The Morgan fingerprint density at radius 3 is 1.92 bits per heavy atom. The molecule has 12 heavy (non-hydrogen) atoms. The molecule has 0 amide bonds. The van der Waals surface area contributed by atoms with Crippen molar-refractivity contribution in [3.63, 3.8) is 0 Å². The molecule has 0 aromatic rings. The van der Waals surface area contributed by atoms with E-state index in [0.717, 1.165) is 0 Å². The lowest BCUT2D eigenvalue weighted by atomic mass is 10.2. The monoisotopic (exact) mass is 184 g/mol. The maximum atomic E-state index is 4.05. The van der Waals surface area contributed by atoms with E-state index in [1.165, 1.54) is 9.81 Å². The first kappa shape index (κ1) is 11.8. The summed E-state index contributed by atoms with van der Waals surface area (Å²) in [4.78, 5) is 2.69. The lowest BCUT2D eigenvalue weighted by molar-refractivity contribution is 0.804. The Balaban J connectivity index is 4.15.